The van der Waals surface area contributed by atoms with Gasteiger partial charge in [0, 0.05) is 67.6 Å². The first-order valence-corrected chi connectivity index (χ1v) is 17.1. The van der Waals surface area contributed by atoms with Crippen LogP contribution in [-0.4, -0.2) is 98.2 Å². The Morgan fingerprint density at radius 3 is 2.48 bits per heavy atom. The number of hydrogen-bond acceptors (Lipinski definition) is 8. The highest BCUT2D eigenvalue weighted by Crippen LogP contribution is 2.31. The Labute approximate surface area is 277 Å². The Kier molecular flexibility index (Phi) is 12.5. The Bertz CT molecular complexity index is 1440. The molecule has 9 nitrogen and oxygen atoms in total. The summed E-state index contributed by atoms with van der Waals surface area (Å²) in [5.74, 6) is 0.161. The fraction of sp³-hybridized carbons (Fsp3) is 0.556. The lowest BCUT2D eigenvalue weighted by Crippen LogP contribution is -2.48. The molecule has 0 aliphatic carbocycles. The molecule has 250 valence electrons. The molecule has 2 fully saturated rings. The highest BCUT2D eigenvalue weighted by Gasteiger charge is 2.24. The number of aromatic nitrogens is 1. The molecule has 3 heterocycles. The minimum absolute atomic E-state index is 0.00928. The van der Waals surface area contributed by atoms with Gasteiger partial charge in [0.1, 0.15) is 11.9 Å². The lowest BCUT2D eigenvalue weighted by Gasteiger charge is -2.35. The molecule has 0 bridgehead atoms. The summed E-state index contributed by atoms with van der Waals surface area (Å²) >= 11 is 6.05. The number of piperazine rings is 1. The molecule has 10 heteroatoms. The van der Waals surface area contributed by atoms with E-state index in [1.54, 1.807) is 35.9 Å². The van der Waals surface area contributed by atoms with Crippen LogP contribution in [0.15, 0.2) is 42.5 Å². The molecule has 2 saturated heterocycles. The van der Waals surface area contributed by atoms with E-state index in [-0.39, 0.29) is 30.7 Å². The summed E-state index contributed by atoms with van der Waals surface area (Å²) in [6.45, 7) is 11.2. The number of esters is 1. The minimum Gasteiger partial charge on any atom is -0.497 e. The van der Waals surface area contributed by atoms with Crippen molar-refractivity contribution < 1.29 is 28.5 Å². The third-order valence-corrected chi connectivity index (χ3v) is 9.28. The quantitative estimate of drug-likeness (QED) is 0.152. The first kappa shape index (κ1) is 34.4. The van der Waals surface area contributed by atoms with E-state index in [4.69, 9.17) is 30.5 Å². The van der Waals surface area contributed by atoms with Crippen LogP contribution in [0.5, 0.6) is 5.75 Å². The van der Waals surface area contributed by atoms with Crippen LogP contribution in [-0.2, 0) is 25.4 Å². The molecule has 2 aromatic carbocycles. The zero-order valence-electron chi connectivity index (χ0n) is 27.5. The van der Waals surface area contributed by atoms with E-state index >= 15 is 0 Å². The van der Waals surface area contributed by atoms with E-state index in [1.165, 1.54) is 19.3 Å². The van der Waals surface area contributed by atoms with Crippen LogP contribution in [0.25, 0.3) is 10.9 Å². The molecule has 0 radical (unpaired) electrons. The summed E-state index contributed by atoms with van der Waals surface area (Å²) in [4.78, 5) is 31.7. The summed E-state index contributed by atoms with van der Waals surface area (Å²) in [7, 11) is 1.60. The van der Waals surface area contributed by atoms with E-state index in [0.29, 0.717) is 34.1 Å². The minimum atomic E-state index is -0.311. The van der Waals surface area contributed by atoms with Crippen molar-refractivity contribution in [2.24, 2.45) is 0 Å². The molecule has 2 aliphatic rings. The molecule has 0 amide bonds. The summed E-state index contributed by atoms with van der Waals surface area (Å²) in [5, 5.41) is 1.36. The number of benzene rings is 2. The first-order valence-electron chi connectivity index (χ1n) is 16.7. The van der Waals surface area contributed by atoms with Crippen molar-refractivity contribution in [3.05, 3.63) is 64.3 Å². The smallest absolute Gasteiger partial charge is 0.310 e. The third kappa shape index (κ3) is 9.10. The fourth-order valence-corrected chi connectivity index (χ4v) is 6.60. The van der Waals surface area contributed by atoms with Gasteiger partial charge in [0.25, 0.3) is 5.91 Å². The zero-order valence-corrected chi connectivity index (χ0v) is 28.2. The van der Waals surface area contributed by atoms with Crippen LogP contribution in [0.2, 0.25) is 5.02 Å². The number of carbonyl (C=O) groups excluding carboxylic acids is 2. The molecule has 0 N–H and O–H groups in total. The van der Waals surface area contributed by atoms with Gasteiger partial charge in [-0.15, -0.1) is 0 Å². The van der Waals surface area contributed by atoms with Crippen LogP contribution >= 0.6 is 11.6 Å². The number of rotatable bonds is 14. The predicted octanol–water partition coefficient (Wildman–Crippen LogP) is 6.11. The van der Waals surface area contributed by atoms with Gasteiger partial charge in [0.15, 0.2) is 6.29 Å². The number of halogens is 1. The number of hydrogen-bond donors (Lipinski definition) is 0. The van der Waals surface area contributed by atoms with Gasteiger partial charge in [-0.05, 0) is 107 Å². The van der Waals surface area contributed by atoms with E-state index in [0.717, 1.165) is 76.1 Å². The van der Waals surface area contributed by atoms with E-state index in [2.05, 4.69) is 9.80 Å². The Balaban J connectivity index is 1.09. The first-order chi connectivity index (χ1) is 22.3. The maximum Gasteiger partial charge on any atom is 0.310 e. The summed E-state index contributed by atoms with van der Waals surface area (Å²) in [6.07, 6.45) is 6.63. The summed E-state index contributed by atoms with van der Waals surface area (Å²) in [5.41, 5.74) is 2.69. The number of methoxy groups -OCH3 is 1. The van der Waals surface area contributed by atoms with Gasteiger partial charge in [0.2, 0.25) is 0 Å². The Morgan fingerprint density at radius 2 is 1.76 bits per heavy atom. The van der Waals surface area contributed by atoms with Gasteiger partial charge in [-0.3, -0.25) is 19.1 Å². The molecule has 1 aromatic heterocycles. The van der Waals surface area contributed by atoms with Crippen molar-refractivity contribution in [3.63, 3.8) is 0 Å². The number of unbranched alkanes of at least 4 members (excludes halogenated alkanes) is 2. The van der Waals surface area contributed by atoms with Crippen LogP contribution < -0.4 is 4.74 Å². The van der Waals surface area contributed by atoms with Gasteiger partial charge in [-0.2, -0.15) is 0 Å². The van der Waals surface area contributed by atoms with Crippen molar-refractivity contribution in [2.75, 3.05) is 59.6 Å². The summed E-state index contributed by atoms with van der Waals surface area (Å²) in [6, 6.07) is 12.4. The van der Waals surface area contributed by atoms with Gasteiger partial charge < -0.3 is 23.8 Å². The molecule has 2 unspecified atom stereocenters. The van der Waals surface area contributed by atoms with E-state index in [9.17, 15) is 9.59 Å². The van der Waals surface area contributed by atoms with E-state index < -0.39 is 0 Å². The molecule has 46 heavy (non-hydrogen) atoms. The maximum absolute atomic E-state index is 13.6. The van der Waals surface area contributed by atoms with Crippen molar-refractivity contribution in [3.8, 4) is 5.75 Å². The van der Waals surface area contributed by atoms with Gasteiger partial charge in [-0.25, -0.2) is 0 Å². The molecular formula is C36H48ClN3O6. The van der Waals surface area contributed by atoms with Crippen LogP contribution in [0.4, 0.5) is 0 Å². The monoisotopic (exact) mass is 653 g/mol. The Morgan fingerprint density at radius 1 is 1.00 bits per heavy atom. The highest BCUT2D eigenvalue weighted by atomic mass is 35.5. The average Bonchev–Trinajstić information content (AvgIpc) is 3.33. The van der Waals surface area contributed by atoms with Crippen LogP contribution in [0.3, 0.4) is 0 Å². The van der Waals surface area contributed by atoms with Crippen LogP contribution in [0, 0.1) is 6.92 Å². The molecule has 3 aromatic rings. The maximum atomic E-state index is 13.6. The number of ether oxygens (including phenoxy) is 4. The molecule has 0 spiro atoms. The standard InChI is InChI=1S/C36H48ClN3O6/c1-26(25-39-19-17-38(18-20-39)16-6-4-7-21-44-35-9-5-8-22-45-35)46-34(41)24-31-27(2)40(33-15-14-30(43-3)23-32(31)33)36(42)28-10-12-29(37)13-11-28/h10-15,23,26,35H,4-9,16-22,24-25H2,1-3H3. The summed E-state index contributed by atoms with van der Waals surface area (Å²) < 4.78 is 24.5. The Hall–Kier alpha value is -2.95. The fourth-order valence-electron chi connectivity index (χ4n) is 6.47. The molecule has 0 saturated carbocycles. The highest BCUT2D eigenvalue weighted by molar-refractivity contribution is 6.30. The number of fused-ring (bicyclic) bond motifs is 1. The lowest BCUT2D eigenvalue weighted by molar-refractivity contribution is -0.162. The van der Waals surface area contributed by atoms with Crippen molar-refractivity contribution in [1.29, 1.82) is 0 Å². The normalized spacial score (nSPS) is 18.5. The van der Waals surface area contributed by atoms with Crippen molar-refractivity contribution >= 4 is 34.4 Å². The third-order valence-electron chi connectivity index (χ3n) is 9.03. The lowest BCUT2D eigenvalue weighted by atomic mass is 10.1. The molecular weight excluding hydrogens is 606 g/mol. The topological polar surface area (TPSA) is 82.5 Å². The second-order valence-corrected chi connectivity index (χ2v) is 12.9. The molecule has 5 rings (SSSR count). The second-order valence-electron chi connectivity index (χ2n) is 12.4. The predicted molar refractivity (Wildman–Crippen MR) is 180 cm³/mol. The van der Waals surface area contributed by atoms with E-state index in [1.807, 2.05) is 32.0 Å². The largest absolute Gasteiger partial charge is 0.497 e. The van der Waals surface area contributed by atoms with Crippen molar-refractivity contribution in [2.45, 2.75) is 71.2 Å². The number of nitrogens with zero attached hydrogens (tertiary/aromatic N) is 3. The second kappa shape index (κ2) is 16.7. The van der Waals surface area contributed by atoms with Gasteiger partial charge in [-0.1, -0.05) is 11.6 Å². The SMILES string of the molecule is COc1ccc2c(c1)c(CC(=O)OC(C)CN1CCN(CCCCCOC3CCCCO3)CC1)c(C)n2C(=O)c1ccc(Cl)cc1. The van der Waals surface area contributed by atoms with Crippen LogP contribution in [0.1, 0.15) is 67.1 Å². The molecule has 2 atom stereocenters. The zero-order chi connectivity index (χ0) is 32.5. The van der Waals surface area contributed by atoms with Crippen molar-refractivity contribution in [1.82, 2.24) is 14.4 Å². The number of carbonyl (C=O) groups is 2. The van der Waals surface area contributed by atoms with Gasteiger partial charge >= 0.3 is 5.97 Å². The average molecular weight is 654 g/mol. The van der Waals surface area contributed by atoms with Gasteiger partial charge in [0.05, 0.1) is 19.0 Å². The molecule has 2 aliphatic heterocycles.